The third kappa shape index (κ3) is 85.6. The molecule has 10 heteroatoms. The molecule has 0 spiro atoms. The largest absolute Gasteiger partial charge is 0.472 e. The minimum Gasteiger partial charge on any atom is -0.462 e. The van der Waals surface area contributed by atoms with E-state index in [4.69, 9.17) is 18.5 Å². The van der Waals surface area contributed by atoms with Crippen LogP contribution in [0.3, 0.4) is 0 Å². The van der Waals surface area contributed by atoms with Gasteiger partial charge in [0.15, 0.2) is 6.10 Å². The number of nitrogens with zero attached hydrogens (tertiary/aromatic N) is 1. The molecule has 0 fully saturated rings. The molecule has 1 N–H and O–H groups in total. The first kappa shape index (κ1) is 98.7. The standard InChI is InChI=1S/C92H166NO8P/c1-6-8-10-12-14-16-18-20-22-24-26-28-30-32-34-36-38-40-42-44-45-46-47-49-50-52-54-56-58-60-62-64-66-68-70-72-74-76-78-80-82-84-91(94)98-88-90(89-100-102(96,97)99-87-86-93(3,4)5)101-92(95)85-83-81-79-77-75-73-71-69-67-65-63-61-59-57-55-53-51-48-43-41-39-37-35-33-31-29-27-25-23-21-19-17-15-13-11-9-7-2/h9,11,15,17-18,20-21,23-24,26-27,29-30,32-33,35,39,41,90H,6-8,10,12-14,16,19,22,25,28,31,34,36-38,40,42-89H2,1-5H3/p+1/b11-9-,17-15-,20-18-,23-21-,26-24-,29-27-,32-30-,35-33-,41-39-. The molecule has 0 rings (SSSR count). The van der Waals surface area contributed by atoms with Crippen LogP contribution < -0.4 is 0 Å². The summed E-state index contributed by atoms with van der Waals surface area (Å²) in [5.74, 6) is -0.778. The zero-order chi connectivity index (χ0) is 74.0. The topological polar surface area (TPSA) is 108 Å². The number of hydrogen-bond acceptors (Lipinski definition) is 7. The third-order valence-electron chi connectivity index (χ3n) is 19.3. The van der Waals surface area contributed by atoms with Crippen molar-refractivity contribution in [3.05, 3.63) is 109 Å². The van der Waals surface area contributed by atoms with Crippen LogP contribution in [0, 0.1) is 0 Å². The highest BCUT2D eigenvalue weighted by Crippen LogP contribution is 2.43. The van der Waals surface area contributed by atoms with Crippen molar-refractivity contribution in [3.63, 3.8) is 0 Å². The summed E-state index contributed by atoms with van der Waals surface area (Å²) < 4.78 is 34.9. The molecule has 102 heavy (non-hydrogen) atoms. The lowest BCUT2D eigenvalue weighted by atomic mass is 10.0. The second-order valence-corrected chi connectivity index (χ2v) is 32.0. The summed E-state index contributed by atoms with van der Waals surface area (Å²) in [6.45, 7) is 4.36. The number of esters is 2. The van der Waals surface area contributed by atoms with Gasteiger partial charge in [-0.05, 0) is 103 Å². The van der Waals surface area contributed by atoms with Gasteiger partial charge in [0.1, 0.15) is 19.8 Å². The lowest BCUT2D eigenvalue weighted by Crippen LogP contribution is -2.37. The number of likely N-dealkylation sites (N-methyl/N-ethyl adjacent to an activating group) is 1. The maximum absolute atomic E-state index is 12.9. The molecule has 2 atom stereocenters. The van der Waals surface area contributed by atoms with E-state index < -0.39 is 26.5 Å². The summed E-state index contributed by atoms with van der Waals surface area (Å²) in [6, 6.07) is 0. The van der Waals surface area contributed by atoms with Crippen LogP contribution in [0.2, 0.25) is 0 Å². The Balaban J connectivity index is 3.89. The minimum atomic E-state index is -4.40. The van der Waals surface area contributed by atoms with Crippen molar-refractivity contribution in [3.8, 4) is 0 Å². The SMILES string of the molecule is CC/C=C\C/C=C\C/C=C\C/C=C\C/C=C\C/C=C\CCCCCCCCCCCCCCCCCCCCC(=O)OC(COC(=O)CCCCCCCCCCCCCCCCCCCCCCCCCCCC/C=C\C/C=C\C/C=C\CCCCCCC)COP(=O)(O)OCC[N+](C)(C)C. The quantitative estimate of drug-likeness (QED) is 0.0211. The third-order valence-corrected chi connectivity index (χ3v) is 20.3. The Morgan fingerprint density at radius 3 is 0.833 bits per heavy atom. The fourth-order valence-electron chi connectivity index (χ4n) is 12.7. The van der Waals surface area contributed by atoms with Crippen LogP contribution in [-0.2, 0) is 32.7 Å². The van der Waals surface area contributed by atoms with Crippen LogP contribution in [0.5, 0.6) is 0 Å². The molecule has 0 aliphatic carbocycles. The van der Waals surface area contributed by atoms with Crippen LogP contribution in [0.1, 0.15) is 412 Å². The molecule has 0 radical (unpaired) electrons. The van der Waals surface area contributed by atoms with Gasteiger partial charge in [-0.15, -0.1) is 0 Å². The molecule has 0 aromatic heterocycles. The van der Waals surface area contributed by atoms with Crippen molar-refractivity contribution in [2.24, 2.45) is 0 Å². The van der Waals surface area contributed by atoms with Gasteiger partial charge in [0.05, 0.1) is 27.7 Å². The number of unbranched alkanes of at least 4 members (excludes halogenated alkanes) is 49. The fourth-order valence-corrected chi connectivity index (χ4v) is 13.4. The van der Waals surface area contributed by atoms with E-state index in [-0.39, 0.29) is 25.6 Å². The number of phosphoric ester groups is 1. The zero-order valence-corrected chi connectivity index (χ0v) is 68.7. The van der Waals surface area contributed by atoms with Gasteiger partial charge >= 0.3 is 19.8 Å². The monoisotopic (exact) mass is 1450 g/mol. The summed E-state index contributed by atoms with van der Waals surface area (Å²) in [5.41, 5.74) is 0. The van der Waals surface area contributed by atoms with E-state index in [1.54, 1.807) is 0 Å². The van der Waals surface area contributed by atoms with Crippen LogP contribution >= 0.6 is 7.82 Å². The Bertz CT molecular complexity index is 2100. The van der Waals surface area contributed by atoms with Crippen molar-refractivity contribution in [1.29, 1.82) is 0 Å². The summed E-state index contributed by atoms with van der Waals surface area (Å²) in [6.07, 6.45) is 117. The van der Waals surface area contributed by atoms with Gasteiger partial charge in [-0.1, -0.05) is 406 Å². The molecule has 0 bridgehead atoms. The van der Waals surface area contributed by atoms with Crippen molar-refractivity contribution >= 4 is 19.8 Å². The molecule has 0 aromatic rings. The smallest absolute Gasteiger partial charge is 0.462 e. The van der Waals surface area contributed by atoms with E-state index in [0.717, 1.165) is 83.5 Å². The average Bonchev–Trinajstić information content (AvgIpc) is 0.913. The molecule has 2 unspecified atom stereocenters. The second-order valence-electron chi connectivity index (χ2n) is 30.5. The van der Waals surface area contributed by atoms with Crippen molar-refractivity contribution in [2.75, 3.05) is 47.5 Å². The van der Waals surface area contributed by atoms with Gasteiger partial charge in [-0.3, -0.25) is 18.6 Å². The number of ether oxygens (including phenoxy) is 2. The molecule has 0 aliphatic rings. The summed E-state index contributed by atoms with van der Waals surface area (Å²) in [7, 11) is 1.49. The number of carbonyl (C=O) groups excluding carboxylic acids is 2. The number of phosphoric acid groups is 1. The minimum absolute atomic E-state index is 0.0316. The van der Waals surface area contributed by atoms with Crippen LogP contribution in [0.15, 0.2) is 109 Å². The fraction of sp³-hybridized carbons (Fsp3) is 0.783. The average molecular weight is 1450 g/mol. The van der Waals surface area contributed by atoms with Gasteiger partial charge in [0.2, 0.25) is 0 Å². The first-order valence-electron chi connectivity index (χ1n) is 43.6. The second kappa shape index (κ2) is 81.7. The van der Waals surface area contributed by atoms with E-state index in [1.807, 2.05) is 21.1 Å². The zero-order valence-electron chi connectivity index (χ0n) is 67.8. The van der Waals surface area contributed by atoms with E-state index in [9.17, 15) is 19.0 Å². The highest BCUT2D eigenvalue weighted by molar-refractivity contribution is 7.47. The summed E-state index contributed by atoms with van der Waals surface area (Å²) in [4.78, 5) is 36.1. The Kier molecular flexibility index (Phi) is 79.1. The molecule has 0 heterocycles. The highest BCUT2D eigenvalue weighted by Gasteiger charge is 2.27. The lowest BCUT2D eigenvalue weighted by Gasteiger charge is -2.24. The Hall–Kier alpha value is -3.33. The molecule has 9 nitrogen and oxygen atoms in total. The Labute approximate surface area is 633 Å². The number of rotatable bonds is 81. The molecule has 0 saturated carbocycles. The molecule has 0 aliphatic heterocycles. The number of allylic oxidation sites excluding steroid dienone is 18. The Morgan fingerprint density at radius 1 is 0.314 bits per heavy atom. The van der Waals surface area contributed by atoms with E-state index in [2.05, 4.69) is 123 Å². The van der Waals surface area contributed by atoms with E-state index in [1.165, 1.54) is 295 Å². The number of carbonyl (C=O) groups is 2. The van der Waals surface area contributed by atoms with Crippen LogP contribution in [0.25, 0.3) is 0 Å². The van der Waals surface area contributed by atoms with Gasteiger partial charge < -0.3 is 18.9 Å². The summed E-state index contributed by atoms with van der Waals surface area (Å²) in [5, 5.41) is 0. The number of quaternary nitrogens is 1. The maximum atomic E-state index is 12.9. The Morgan fingerprint density at radius 2 is 0.559 bits per heavy atom. The summed E-state index contributed by atoms with van der Waals surface area (Å²) >= 11 is 0. The molecular weight excluding hydrogens is 1280 g/mol. The predicted molar refractivity (Wildman–Crippen MR) is 445 cm³/mol. The predicted octanol–water partition coefficient (Wildman–Crippen LogP) is 29.5. The van der Waals surface area contributed by atoms with Crippen LogP contribution in [-0.4, -0.2) is 74.9 Å². The molecule has 592 valence electrons. The molecular formula is C92H167NO8P+. The van der Waals surface area contributed by atoms with Gasteiger partial charge in [-0.2, -0.15) is 0 Å². The first-order chi connectivity index (χ1) is 50.0. The maximum Gasteiger partial charge on any atom is 0.472 e. The van der Waals surface area contributed by atoms with Crippen molar-refractivity contribution in [2.45, 2.75) is 418 Å². The van der Waals surface area contributed by atoms with E-state index in [0.29, 0.717) is 23.9 Å². The van der Waals surface area contributed by atoms with E-state index >= 15 is 0 Å². The number of hydrogen-bond donors (Lipinski definition) is 1. The van der Waals surface area contributed by atoms with Gasteiger partial charge in [-0.25, -0.2) is 4.57 Å². The van der Waals surface area contributed by atoms with Crippen molar-refractivity contribution < 1.29 is 42.1 Å². The lowest BCUT2D eigenvalue weighted by molar-refractivity contribution is -0.870. The first-order valence-corrected chi connectivity index (χ1v) is 45.1. The molecule has 0 amide bonds. The highest BCUT2D eigenvalue weighted by atomic mass is 31.2. The normalized spacial score (nSPS) is 13.5. The molecule has 0 aromatic carbocycles. The van der Waals surface area contributed by atoms with Crippen molar-refractivity contribution in [1.82, 2.24) is 0 Å². The molecule has 0 saturated heterocycles. The van der Waals surface area contributed by atoms with Gasteiger partial charge in [0, 0.05) is 12.8 Å². The van der Waals surface area contributed by atoms with Crippen LogP contribution in [0.4, 0.5) is 0 Å². The van der Waals surface area contributed by atoms with Gasteiger partial charge in [0.25, 0.3) is 0 Å².